The number of hydrogen-bond acceptors (Lipinski definition) is 8. The third-order valence-electron chi connectivity index (χ3n) is 5.16. The molecule has 3 atom stereocenters. The Bertz CT molecular complexity index is 1220. The molecule has 188 valence electrons. The lowest BCUT2D eigenvalue weighted by atomic mass is 10.2. The highest BCUT2D eigenvalue weighted by atomic mass is 32.2. The molecule has 2 aromatic rings. The van der Waals surface area contributed by atoms with Gasteiger partial charge in [-0.05, 0) is 36.9 Å². The van der Waals surface area contributed by atoms with E-state index in [1.54, 1.807) is 4.98 Å². The molecule has 0 amide bonds. The molecule has 1 N–H and O–H groups in total. The Kier molecular flexibility index (Phi) is 9.11. The van der Waals surface area contributed by atoms with Crippen LogP contribution in [0.4, 0.5) is 13.2 Å². The summed E-state index contributed by atoms with van der Waals surface area (Å²) in [6.45, 7) is -0.173. The number of thioether (sulfide) groups is 2. The molecule has 1 saturated heterocycles. The maximum absolute atomic E-state index is 13.2. The van der Waals surface area contributed by atoms with Crippen molar-refractivity contribution >= 4 is 40.8 Å². The summed E-state index contributed by atoms with van der Waals surface area (Å²) < 4.78 is 57.6. The van der Waals surface area contributed by atoms with Crippen LogP contribution in [-0.4, -0.2) is 52.5 Å². The smallest absolute Gasteiger partial charge is 0.423 e. The van der Waals surface area contributed by atoms with Crippen LogP contribution >= 0.6 is 35.7 Å². The van der Waals surface area contributed by atoms with Crippen molar-refractivity contribution in [3.8, 4) is 12.3 Å². The highest BCUT2D eigenvalue weighted by molar-refractivity contribution is 7.99. The summed E-state index contributed by atoms with van der Waals surface area (Å²) in [7, 11) is 0. The lowest BCUT2D eigenvalue weighted by molar-refractivity contribution is -0.139. The van der Waals surface area contributed by atoms with Gasteiger partial charge in [-0.25, -0.2) is 4.79 Å². The average Bonchev–Trinajstić information content (AvgIpc) is 3.22. The number of ether oxygens (including phenoxy) is 3. The third kappa shape index (κ3) is 6.31. The van der Waals surface area contributed by atoms with Crippen LogP contribution in [0.3, 0.4) is 0 Å². The molecule has 0 saturated carbocycles. The van der Waals surface area contributed by atoms with E-state index in [1.807, 2.05) is 30.7 Å². The van der Waals surface area contributed by atoms with E-state index >= 15 is 0 Å². The van der Waals surface area contributed by atoms with E-state index in [9.17, 15) is 22.8 Å². The van der Waals surface area contributed by atoms with Crippen LogP contribution in [0.15, 0.2) is 43.8 Å². The lowest BCUT2D eigenvalue weighted by Crippen LogP contribution is -2.36. The zero-order chi connectivity index (χ0) is 25.8. The van der Waals surface area contributed by atoms with Crippen molar-refractivity contribution in [2.75, 3.05) is 25.7 Å². The van der Waals surface area contributed by atoms with Crippen LogP contribution in [0, 0.1) is 12.3 Å². The van der Waals surface area contributed by atoms with Crippen molar-refractivity contribution in [1.82, 2.24) is 9.55 Å². The first-order valence-electron chi connectivity index (χ1n) is 10.1. The van der Waals surface area contributed by atoms with Gasteiger partial charge in [-0.3, -0.25) is 14.3 Å². The first kappa shape index (κ1) is 27.3. The quantitative estimate of drug-likeness (QED) is 0.305. The van der Waals surface area contributed by atoms with Crippen LogP contribution in [-0.2, 0) is 20.4 Å². The van der Waals surface area contributed by atoms with Crippen molar-refractivity contribution < 1.29 is 27.4 Å². The average molecular weight is 547 g/mol. The van der Waals surface area contributed by atoms with Crippen LogP contribution in [0.1, 0.15) is 23.8 Å². The summed E-state index contributed by atoms with van der Waals surface area (Å²) in [6.07, 6.45) is 1.97. The van der Waals surface area contributed by atoms with Gasteiger partial charge in [0.25, 0.3) is 5.56 Å². The number of alkyl halides is 3. The zero-order valence-corrected chi connectivity index (χ0v) is 21.0. The number of rotatable bonds is 8. The van der Waals surface area contributed by atoms with Crippen molar-refractivity contribution in [3.05, 3.63) is 56.4 Å². The molecule has 35 heavy (non-hydrogen) atoms. The van der Waals surface area contributed by atoms with E-state index in [-0.39, 0.29) is 24.7 Å². The molecular weight excluding hydrogens is 525 g/mol. The summed E-state index contributed by atoms with van der Waals surface area (Å²) in [5.41, 5.74) is -3.33. The first-order chi connectivity index (χ1) is 16.6. The summed E-state index contributed by atoms with van der Waals surface area (Å²) in [5, 5.41) is 0.225. The Hall–Kier alpha value is -2.24. The second-order valence-corrected chi connectivity index (χ2v) is 9.33. The summed E-state index contributed by atoms with van der Waals surface area (Å²) >= 11 is 8.53. The SMILES string of the molecule is C#CCO[C@H]1C[C@H](n2cc(C(F)(F)F)c(=O)[nH]c2=O)O[C@@H]1COC(=S)c1c(SC)cccc1SC. The second kappa shape index (κ2) is 11.7. The molecule has 2 heterocycles. The molecular formula is C22H21F3N2O5S3. The van der Waals surface area contributed by atoms with Gasteiger partial charge in [0.05, 0.1) is 11.7 Å². The molecule has 13 heteroatoms. The number of nitrogens with zero attached hydrogens (tertiary/aromatic N) is 1. The van der Waals surface area contributed by atoms with Crippen LogP contribution in [0.2, 0.25) is 0 Å². The van der Waals surface area contributed by atoms with Gasteiger partial charge in [0, 0.05) is 22.4 Å². The molecule has 0 bridgehead atoms. The molecule has 7 nitrogen and oxygen atoms in total. The number of aromatic amines is 1. The normalized spacial score (nSPS) is 19.9. The Balaban J connectivity index is 1.84. The molecule has 1 aliphatic heterocycles. The maximum Gasteiger partial charge on any atom is 0.423 e. The first-order valence-corrected chi connectivity index (χ1v) is 13.0. The zero-order valence-electron chi connectivity index (χ0n) is 18.6. The number of thiocarbonyl (C=S) groups is 1. The van der Waals surface area contributed by atoms with E-state index < -0.39 is 41.4 Å². The van der Waals surface area contributed by atoms with Crippen LogP contribution in [0.5, 0.6) is 0 Å². The van der Waals surface area contributed by atoms with Crippen molar-refractivity contribution in [1.29, 1.82) is 0 Å². The van der Waals surface area contributed by atoms with Gasteiger partial charge in [-0.1, -0.05) is 12.0 Å². The Morgan fingerprint density at radius 1 is 1.31 bits per heavy atom. The van der Waals surface area contributed by atoms with Crippen LogP contribution in [0.25, 0.3) is 0 Å². The van der Waals surface area contributed by atoms with Gasteiger partial charge in [0.1, 0.15) is 31.1 Å². The van der Waals surface area contributed by atoms with Gasteiger partial charge >= 0.3 is 11.9 Å². The van der Waals surface area contributed by atoms with Gasteiger partial charge in [0.2, 0.25) is 0 Å². The number of terminal acetylenes is 1. The molecule has 0 unspecified atom stereocenters. The fourth-order valence-corrected chi connectivity index (χ4v) is 5.26. The van der Waals surface area contributed by atoms with Gasteiger partial charge in [-0.15, -0.1) is 29.9 Å². The minimum Gasteiger partial charge on any atom is -0.480 e. The molecule has 0 spiro atoms. The molecule has 3 rings (SSSR count). The van der Waals surface area contributed by atoms with E-state index in [0.29, 0.717) is 10.8 Å². The van der Waals surface area contributed by atoms with Gasteiger partial charge in [-0.2, -0.15) is 13.2 Å². The number of H-pyrrole nitrogens is 1. The molecule has 1 fully saturated rings. The summed E-state index contributed by atoms with van der Waals surface area (Å²) in [6, 6.07) is 5.74. The van der Waals surface area contributed by atoms with Crippen molar-refractivity contribution in [2.45, 2.75) is 40.8 Å². The number of benzene rings is 1. The minimum atomic E-state index is -4.95. The Labute approximate surface area is 212 Å². The van der Waals surface area contributed by atoms with Crippen molar-refractivity contribution in [2.24, 2.45) is 0 Å². The fraction of sp³-hybridized carbons (Fsp3) is 0.409. The van der Waals surface area contributed by atoms with Gasteiger partial charge in [0.15, 0.2) is 5.05 Å². The predicted octanol–water partition coefficient (Wildman–Crippen LogP) is 3.70. The van der Waals surface area contributed by atoms with E-state index in [4.69, 9.17) is 32.9 Å². The highest BCUT2D eigenvalue weighted by Gasteiger charge is 2.40. The van der Waals surface area contributed by atoms with E-state index in [2.05, 4.69) is 5.92 Å². The minimum absolute atomic E-state index is 0.00315. The number of nitrogens with one attached hydrogen (secondary N) is 1. The Morgan fingerprint density at radius 2 is 1.97 bits per heavy atom. The molecule has 1 aliphatic rings. The largest absolute Gasteiger partial charge is 0.480 e. The summed E-state index contributed by atoms with van der Waals surface area (Å²) in [5.74, 6) is 2.32. The molecule has 1 aromatic carbocycles. The molecule has 0 radical (unpaired) electrons. The third-order valence-corrected chi connectivity index (χ3v) is 7.04. The van der Waals surface area contributed by atoms with Crippen LogP contribution < -0.4 is 11.2 Å². The standard InChI is InChI=1S/C22H21F3N2O5S3/c1-4-8-30-13-9-17(27-10-12(22(23,24)25)19(28)26-21(27)29)32-14(13)11-31-20(33)18-15(34-2)6-5-7-16(18)35-3/h1,5-7,10,13-14,17H,8-9,11H2,2-3H3,(H,26,28,29)/t13-,14+,17+/m0/s1. The maximum atomic E-state index is 13.2. The number of aromatic nitrogens is 2. The van der Waals surface area contributed by atoms with E-state index in [0.717, 1.165) is 15.4 Å². The molecule has 0 aliphatic carbocycles. The van der Waals surface area contributed by atoms with Gasteiger partial charge < -0.3 is 14.2 Å². The number of halogens is 3. The topological polar surface area (TPSA) is 82.6 Å². The molecule has 1 aromatic heterocycles. The summed E-state index contributed by atoms with van der Waals surface area (Å²) in [4.78, 5) is 27.4. The lowest BCUT2D eigenvalue weighted by Gasteiger charge is -2.20. The Morgan fingerprint density at radius 3 is 2.54 bits per heavy atom. The van der Waals surface area contributed by atoms with E-state index in [1.165, 1.54) is 23.5 Å². The second-order valence-electron chi connectivity index (χ2n) is 7.26. The number of hydrogen-bond donors (Lipinski definition) is 1. The predicted molar refractivity (Wildman–Crippen MR) is 131 cm³/mol. The monoisotopic (exact) mass is 546 g/mol. The highest BCUT2D eigenvalue weighted by Crippen LogP contribution is 2.33. The fourth-order valence-electron chi connectivity index (χ4n) is 3.54. The van der Waals surface area contributed by atoms with Crippen molar-refractivity contribution in [3.63, 3.8) is 0 Å².